The number of aliphatic hydroxyl groups is 3. The van der Waals surface area contributed by atoms with E-state index in [0.29, 0.717) is 0 Å². The topological polar surface area (TPSA) is 104 Å². The highest BCUT2D eigenvalue weighted by atomic mass is 32.2. The number of benzene rings is 1. The van der Waals surface area contributed by atoms with Crippen molar-refractivity contribution in [3.63, 3.8) is 0 Å². The minimum Gasteiger partial charge on any atom is -0.390 e. The fourth-order valence-corrected chi connectivity index (χ4v) is 6.24. The lowest BCUT2D eigenvalue weighted by Crippen LogP contribution is -2.43. The minimum absolute atomic E-state index is 0.0664. The summed E-state index contributed by atoms with van der Waals surface area (Å²) in [7, 11) is -2.63. The molecule has 222 valence electrons. The van der Waals surface area contributed by atoms with Crippen molar-refractivity contribution in [1.29, 1.82) is 0 Å². The van der Waals surface area contributed by atoms with Gasteiger partial charge in [0.05, 0.1) is 17.1 Å². The molecule has 0 aliphatic carbocycles. The lowest BCUT2D eigenvalue weighted by molar-refractivity contribution is -0.0559. The van der Waals surface area contributed by atoms with Crippen molar-refractivity contribution in [3.8, 4) is 0 Å². The van der Waals surface area contributed by atoms with Gasteiger partial charge in [0.25, 0.3) is 0 Å². The van der Waals surface area contributed by atoms with Crippen LogP contribution in [0, 0.1) is 6.92 Å². The third-order valence-corrected chi connectivity index (χ3v) is 9.42. The van der Waals surface area contributed by atoms with E-state index in [0.717, 1.165) is 24.8 Å². The van der Waals surface area contributed by atoms with E-state index in [1.807, 2.05) is 6.92 Å². The van der Waals surface area contributed by atoms with E-state index in [1.54, 1.807) is 19.2 Å². The van der Waals surface area contributed by atoms with Crippen molar-refractivity contribution in [2.24, 2.45) is 0 Å². The molecule has 0 fully saturated rings. The van der Waals surface area contributed by atoms with Crippen molar-refractivity contribution in [2.75, 3.05) is 7.11 Å². The Bertz CT molecular complexity index is 795. The molecule has 1 aromatic rings. The molecule has 4 unspecified atom stereocenters. The number of hydrogen-bond donors (Lipinski definition) is 3. The molecule has 1 aromatic carbocycles. The fourth-order valence-electron chi connectivity index (χ4n) is 4.90. The normalized spacial score (nSPS) is 15.3. The molecule has 0 aliphatic heterocycles. The van der Waals surface area contributed by atoms with Crippen molar-refractivity contribution < 1.29 is 28.5 Å². The predicted molar refractivity (Wildman–Crippen MR) is 156 cm³/mol. The van der Waals surface area contributed by atoms with Gasteiger partial charge in [0, 0.05) is 13.5 Å². The molecule has 0 saturated heterocycles. The van der Waals surface area contributed by atoms with E-state index in [2.05, 4.69) is 6.92 Å². The summed E-state index contributed by atoms with van der Waals surface area (Å²) in [5.41, 5.74) is -1.22. The maximum Gasteiger partial charge on any atom is 0.207 e. The Labute approximate surface area is 233 Å². The van der Waals surface area contributed by atoms with Gasteiger partial charge in [0.15, 0.2) is 5.44 Å². The van der Waals surface area contributed by atoms with E-state index in [9.17, 15) is 23.7 Å². The highest BCUT2D eigenvalue weighted by molar-refractivity contribution is 7.92. The van der Waals surface area contributed by atoms with Crippen LogP contribution < -0.4 is 0 Å². The van der Waals surface area contributed by atoms with Gasteiger partial charge < -0.3 is 20.1 Å². The number of sulfone groups is 1. The minimum atomic E-state index is -4.18. The number of ether oxygens (including phenoxy) is 1. The Kier molecular flexibility index (Phi) is 19.2. The lowest BCUT2D eigenvalue weighted by Gasteiger charge is -2.26. The second-order valence-corrected chi connectivity index (χ2v) is 13.0. The average Bonchev–Trinajstić information content (AvgIpc) is 2.91. The van der Waals surface area contributed by atoms with E-state index >= 15 is 0 Å². The van der Waals surface area contributed by atoms with Crippen molar-refractivity contribution >= 4 is 9.84 Å². The molecule has 0 spiro atoms. The van der Waals surface area contributed by atoms with Crippen LogP contribution in [0.15, 0.2) is 29.2 Å². The molecule has 0 heterocycles. The second-order valence-electron chi connectivity index (χ2n) is 11.0. The molecule has 1 rings (SSSR count). The van der Waals surface area contributed by atoms with Crippen molar-refractivity contribution in [3.05, 3.63) is 29.8 Å². The molecule has 0 aromatic heterocycles. The monoisotopic (exact) mass is 556 g/mol. The maximum absolute atomic E-state index is 12.6. The highest BCUT2D eigenvalue weighted by Gasteiger charge is 2.36. The van der Waals surface area contributed by atoms with E-state index in [1.165, 1.54) is 102 Å². The van der Waals surface area contributed by atoms with E-state index in [-0.39, 0.29) is 17.4 Å². The summed E-state index contributed by atoms with van der Waals surface area (Å²) < 4.78 is 30.7. The molecule has 7 heteroatoms. The van der Waals surface area contributed by atoms with Gasteiger partial charge in [-0.1, -0.05) is 127 Å². The zero-order valence-corrected chi connectivity index (χ0v) is 25.1. The summed E-state index contributed by atoms with van der Waals surface area (Å²) in [6, 6.07) is 6.03. The van der Waals surface area contributed by atoms with Crippen molar-refractivity contribution in [2.45, 2.75) is 158 Å². The Balaban J connectivity index is 2.15. The Morgan fingerprint density at radius 3 is 1.55 bits per heavy atom. The first-order valence-electron chi connectivity index (χ1n) is 15.1. The zero-order chi connectivity index (χ0) is 28.2. The second kappa shape index (κ2) is 20.8. The molecule has 3 N–H and O–H groups in total. The number of aryl methyl sites for hydroxylation is 1. The molecular weight excluding hydrogens is 500 g/mol. The first-order chi connectivity index (χ1) is 18.2. The summed E-state index contributed by atoms with van der Waals surface area (Å²) in [6.07, 6.45) is 18.1. The van der Waals surface area contributed by atoms with Crippen LogP contribution in [0.4, 0.5) is 0 Å². The van der Waals surface area contributed by atoms with Gasteiger partial charge in [0.1, 0.15) is 6.10 Å². The van der Waals surface area contributed by atoms with Crippen LogP contribution in [0.25, 0.3) is 0 Å². The standard InChI is InChI=1S/C31H56O6S/c1-4-5-6-7-8-9-10-11-12-13-14-15-16-17-18-19-20-27(37-3)25-29(32)30(33)31(34)38(35,36)28-23-21-26(2)22-24-28/h21-24,27,29-34H,4-20,25H2,1-3H3. The van der Waals surface area contributed by atoms with E-state index < -0.39 is 27.5 Å². The lowest BCUT2D eigenvalue weighted by atomic mass is 10.0. The quantitative estimate of drug-likeness (QED) is 0.120. The van der Waals surface area contributed by atoms with Crippen molar-refractivity contribution in [1.82, 2.24) is 0 Å². The first-order valence-corrected chi connectivity index (χ1v) is 16.7. The van der Waals surface area contributed by atoms with Crippen LogP contribution in [-0.2, 0) is 14.6 Å². The third-order valence-electron chi connectivity index (χ3n) is 7.57. The Morgan fingerprint density at radius 1 is 0.711 bits per heavy atom. The first kappa shape index (κ1) is 35.0. The number of rotatable bonds is 24. The van der Waals surface area contributed by atoms with Crippen LogP contribution in [0.2, 0.25) is 0 Å². The van der Waals surface area contributed by atoms with Crippen LogP contribution in [0.1, 0.15) is 128 Å². The Morgan fingerprint density at radius 2 is 1.13 bits per heavy atom. The van der Waals surface area contributed by atoms with Gasteiger partial charge in [-0.05, 0) is 25.5 Å². The fraction of sp³-hybridized carbons (Fsp3) is 0.806. The molecule has 38 heavy (non-hydrogen) atoms. The molecular formula is C31H56O6S. The summed E-state index contributed by atoms with van der Waals surface area (Å²) in [5.74, 6) is 0. The summed E-state index contributed by atoms with van der Waals surface area (Å²) in [5, 5.41) is 31.1. The van der Waals surface area contributed by atoms with Gasteiger partial charge in [-0.2, -0.15) is 0 Å². The average molecular weight is 557 g/mol. The highest BCUT2D eigenvalue weighted by Crippen LogP contribution is 2.22. The van der Waals surface area contributed by atoms with Gasteiger partial charge in [-0.15, -0.1) is 0 Å². The summed E-state index contributed by atoms with van der Waals surface area (Å²) in [4.78, 5) is -0.0849. The number of unbranched alkanes of at least 4 members (excludes halogenated alkanes) is 15. The molecule has 0 radical (unpaired) electrons. The molecule has 0 bridgehead atoms. The van der Waals surface area contributed by atoms with Gasteiger partial charge >= 0.3 is 0 Å². The summed E-state index contributed by atoms with van der Waals surface area (Å²) >= 11 is 0. The zero-order valence-electron chi connectivity index (χ0n) is 24.3. The van der Waals surface area contributed by atoms with Crippen LogP contribution >= 0.6 is 0 Å². The largest absolute Gasteiger partial charge is 0.390 e. The molecule has 0 amide bonds. The van der Waals surface area contributed by atoms with Gasteiger partial charge in [0.2, 0.25) is 9.84 Å². The molecule has 0 saturated carbocycles. The van der Waals surface area contributed by atoms with Crippen LogP contribution in [0.3, 0.4) is 0 Å². The third kappa shape index (κ3) is 14.4. The summed E-state index contributed by atoms with van der Waals surface area (Å²) in [6.45, 7) is 4.09. The van der Waals surface area contributed by atoms with Crippen LogP contribution in [0.5, 0.6) is 0 Å². The number of methoxy groups -OCH3 is 1. The van der Waals surface area contributed by atoms with Crippen LogP contribution in [-0.4, -0.2) is 54.6 Å². The van der Waals surface area contributed by atoms with Gasteiger partial charge in [-0.25, -0.2) is 8.42 Å². The SMILES string of the molecule is CCCCCCCCCCCCCCCCCCC(CC(O)C(O)C(O)S(=O)(=O)c1ccc(C)cc1)OC. The molecule has 6 nitrogen and oxygen atoms in total. The Hall–Kier alpha value is -0.990. The number of aliphatic hydroxyl groups excluding tert-OH is 3. The maximum atomic E-state index is 12.6. The predicted octanol–water partition coefficient (Wildman–Crippen LogP) is 6.87. The number of hydrogen-bond acceptors (Lipinski definition) is 6. The van der Waals surface area contributed by atoms with Gasteiger partial charge in [-0.3, -0.25) is 0 Å². The smallest absolute Gasteiger partial charge is 0.207 e. The molecule has 4 atom stereocenters. The molecule has 0 aliphatic rings. The van der Waals surface area contributed by atoms with E-state index in [4.69, 9.17) is 4.74 Å².